The van der Waals surface area contributed by atoms with E-state index in [-0.39, 0.29) is 0 Å². The molecule has 1 aromatic carbocycles. The summed E-state index contributed by atoms with van der Waals surface area (Å²) in [6.45, 7) is 1.98. The Morgan fingerprint density at radius 1 is 1.30 bits per heavy atom. The third-order valence-electron chi connectivity index (χ3n) is 3.64. The van der Waals surface area contributed by atoms with Crippen molar-refractivity contribution in [2.24, 2.45) is 0 Å². The molecule has 1 heterocycles. The van der Waals surface area contributed by atoms with E-state index in [1.807, 2.05) is 6.07 Å². The van der Waals surface area contributed by atoms with Crippen molar-refractivity contribution in [2.45, 2.75) is 24.5 Å². The maximum absolute atomic E-state index is 10.3. The minimum absolute atomic E-state index is 0.370. The van der Waals surface area contributed by atoms with E-state index in [4.69, 9.17) is 10.00 Å². The van der Waals surface area contributed by atoms with Gasteiger partial charge in [-0.25, -0.2) is 0 Å². The summed E-state index contributed by atoms with van der Waals surface area (Å²) in [6.07, 6.45) is 0.589. The van der Waals surface area contributed by atoms with Crippen molar-refractivity contribution in [3.05, 3.63) is 35.4 Å². The van der Waals surface area contributed by atoms with Crippen molar-refractivity contribution >= 4 is 0 Å². The van der Waals surface area contributed by atoms with Gasteiger partial charge in [0.25, 0.3) is 0 Å². The summed E-state index contributed by atoms with van der Waals surface area (Å²) in [5.41, 5.74) is 0.601. The molecule has 5 heteroatoms. The zero-order valence-electron chi connectivity index (χ0n) is 11.4. The molecule has 108 valence electrons. The van der Waals surface area contributed by atoms with Crippen molar-refractivity contribution < 1.29 is 14.9 Å². The fourth-order valence-corrected chi connectivity index (χ4v) is 2.27. The number of rotatable bonds is 5. The topological polar surface area (TPSA) is 85.5 Å². The largest absolute Gasteiger partial charge is 0.388 e. The number of aliphatic hydroxyl groups excluding tert-OH is 1. The van der Waals surface area contributed by atoms with E-state index in [1.54, 1.807) is 24.3 Å². The lowest BCUT2D eigenvalue weighted by molar-refractivity contribution is -0.0623. The van der Waals surface area contributed by atoms with Crippen LogP contribution in [0.3, 0.4) is 0 Å². The zero-order valence-corrected chi connectivity index (χ0v) is 11.4. The molecule has 1 saturated heterocycles. The fraction of sp³-hybridized carbons (Fsp3) is 0.533. The highest BCUT2D eigenvalue weighted by molar-refractivity contribution is 5.32. The number of ether oxygens (including phenoxy) is 1. The summed E-state index contributed by atoms with van der Waals surface area (Å²) in [5, 5.41) is 32.1. The molecule has 1 aliphatic rings. The molecule has 0 aliphatic carbocycles. The fourth-order valence-electron chi connectivity index (χ4n) is 2.27. The Morgan fingerprint density at radius 3 is 2.55 bits per heavy atom. The summed E-state index contributed by atoms with van der Waals surface area (Å²) < 4.78 is 5.22. The van der Waals surface area contributed by atoms with Crippen molar-refractivity contribution in [1.82, 2.24) is 5.32 Å². The number of hydrogen-bond acceptors (Lipinski definition) is 5. The average Bonchev–Trinajstić information content (AvgIpc) is 2.48. The van der Waals surface area contributed by atoms with Gasteiger partial charge in [0.1, 0.15) is 0 Å². The third-order valence-corrected chi connectivity index (χ3v) is 3.64. The van der Waals surface area contributed by atoms with Gasteiger partial charge in [-0.05, 0) is 17.7 Å². The molecule has 1 unspecified atom stereocenters. The van der Waals surface area contributed by atoms with Crippen LogP contribution in [0, 0.1) is 11.3 Å². The maximum Gasteiger partial charge on any atom is 0.0991 e. The number of nitrogens with one attached hydrogen (secondary N) is 1. The molecule has 0 aromatic heterocycles. The first-order valence-electron chi connectivity index (χ1n) is 6.82. The van der Waals surface area contributed by atoms with Crippen LogP contribution in [0.25, 0.3) is 0 Å². The number of nitrogens with zero attached hydrogens (tertiary/aromatic N) is 1. The summed E-state index contributed by atoms with van der Waals surface area (Å²) in [4.78, 5) is 0. The van der Waals surface area contributed by atoms with Crippen LogP contribution < -0.4 is 5.32 Å². The molecule has 1 fully saturated rings. The molecule has 0 saturated carbocycles. The first-order chi connectivity index (χ1) is 9.63. The summed E-state index contributed by atoms with van der Waals surface area (Å²) in [5.74, 6) is 0. The van der Waals surface area contributed by atoms with E-state index in [1.165, 1.54) is 0 Å². The summed E-state index contributed by atoms with van der Waals surface area (Å²) in [7, 11) is 0. The van der Waals surface area contributed by atoms with Crippen LogP contribution in [-0.4, -0.2) is 42.1 Å². The van der Waals surface area contributed by atoms with Crippen LogP contribution in [0.1, 0.15) is 30.1 Å². The molecule has 2 rings (SSSR count). The summed E-state index contributed by atoms with van der Waals surface area (Å²) in [6, 6.07) is 8.90. The van der Waals surface area contributed by atoms with Crippen LogP contribution >= 0.6 is 0 Å². The second kappa shape index (κ2) is 6.82. The van der Waals surface area contributed by atoms with Crippen molar-refractivity contribution in [1.29, 1.82) is 5.26 Å². The SMILES string of the molecule is N#Cc1ccc(C(O)CNCC2(O)CCOCC2)cc1. The summed E-state index contributed by atoms with van der Waals surface area (Å²) >= 11 is 0. The Bertz CT molecular complexity index is 461. The number of nitriles is 1. The van der Waals surface area contributed by atoms with E-state index in [0.717, 1.165) is 5.56 Å². The maximum atomic E-state index is 10.3. The van der Waals surface area contributed by atoms with Crippen LogP contribution in [-0.2, 0) is 4.74 Å². The van der Waals surface area contributed by atoms with E-state index in [9.17, 15) is 10.2 Å². The average molecular weight is 276 g/mol. The van der Waals surface area contributed by atoms with Crippen molar-refractivity contribution in [2.75, 3.05) is 26.3 Å². The Morgan fingerprint density at radius 2 is 1.95 bits per heavy atom. The smallest absolute Gasteiger partial charge is 0.0991 e. The molecular formula is C15H20N2O3. The molecule has 1 aliphatic heterocycles. The second-order valence-electron chi connectivity index (χ2n) is 5.22. The van der Waals surface area contributed by atoms with Crippen LogP contribution in [0.15, 0.2) is 24.3 Å². The third kappa shape index (κ3) is 4.02. The van der Waals surface area contributed by atoms with Gasteiger partial charge in [0.2, 0.25) is 0 Å². The number of aliphatic hydroxyl groups is 2. The van der Waals surface area contributed by atoms with Crippen molar-refractivity contribution in [3.8, 4) is 6.07 Å². The molecule has 0 amide bonds. The molecule has 20 heavy (non-hydrogen) atoms. The van der Waals surface area contributed by atoms with Gasteiger partial charge >= 0.3 is 0 Å². The lowest BCUT2D eigenvalue weighted by Crippen LogP contribution is -2.45. The van der Waals surface area contributed by atoms with E-state index in [0.29, 0.717) is 44.7 Å². The van der Waals surface area contributed by atoms with Gasteiger partial charge in [0.15, 0.2) is 0 Å². The standard InChI is InChI=1S/C15H20N2O3/c16-9-12-1-3-13(4-2-12)14(18)10-17-11-15(19)5-7-20-8-6-15/h1-4,14,17-19H,5-8,10-11H2. The van der Waals surface area contributed by atoms with Crippen LogP contribution in [0.5, 0.6) is 0 Å². The molecular weight excluding hydrogens is 256 g/mol. The number of benzene rings is 1. The zero-order chi connectivity index (χ0) is 14.4. The molecule has 0 bridgehead atoms. The molecule has 0 spiro atoms. The van der Waals surface area contributed by atoms with Gasteiger partial charge in [-0.15, -0.1) is 0 Å². The first kappa shape index (κ1) is 14.9. The van der Waals surface area contributed by atoms with E-state index >= 15 is 0 Å². The van der Waals surface area contributed by atoms with Gasteiger partial charge in [0, 0.05) is 39.1 Å². The highest BCUT2D eigenvalue weighted by atomic mass is 16.5. The predicted molar refractivity (Wildman–Crippen MR) is 74.0 cm³/mol. The van der Waals surface area contributed by atoms with Gasteiger partial charge in [-0.3, -0.25) is 0 Å². The quantitative estimate of drug-likeness (QED) is 0.738. The molecule has 3 N–H and O–H groups in total. The van der Waals surface area contributed by atoms with Gasteiger partial charge in [-0.2, -0.15) is 5.26 Å². The van der Waals surface area contributed by atoms with Gasteiger partial charge < -0.3 is 20.3 Å². The minimum atomic E-state index is -0.733. The Hall–Kier alpha value is -1.45. The van der Waals surface area contributed by atoms with E-state index < -0.39 is 11.7 Å². The lowest BCUT2D eigenvalue weighted by Gasteiger charge is -2.32. The van der Waals surface area contributed by atoms with Crippen molar-refractivity contribution in [3.63, 3.8) is 0 Å². The monoisotopic (exact) mass is 276 g/mol. The molecule has 0 radical (unpaired) electrons. The normalized spacial score (nSPS) is 19.2. The first-order valence-corrected chi connectivity index (χ1v) is 6.82. The van der Waals surface area contributed by atoms with Gasteiger partial charge in [-0.1, -0.05) is 12.1 Å². The van der Waals surface area contributed by atoms with Crippen LogP contribution in [0.2, 0.25) is 0 Å². The van der Waals surface area contributed by atoms with E-state index in [2.05, 4.69) is 5.32 Å². The molecule has 1 atom stereocenters. The second-order valence-corrected chi connectivity index (χ2v) is 5.22. The predicted octanol–water partition coefficient (Wildman–Crippen LogP) is 0.723. The number of hydrogen-bond donors (Lipinski definition) is 3. The lowest BCUT2D eigenvalue weighted by atomic mass is 9.94. The Kier molecular flexibility index (Phi) is 5.10. The minimum Gasteiger partial charge on any atom is -0.388 e. The molecule has 5 nitrogen and oxygen atoms in total. The molecule has 1 aromatic rings. The van der Waals surface area contributed by atoms with Gasteiger partial charge in [0.05, 0.1) is 23.3 Å². The Balaban J connectivity index is 1.79. The Labute approximate surface area is 118 Å². The highest BCUT2D eigenvalue weighted by Crippen LogP contribution is 2.19. The van der Waals surface area contributed by atoms with Crippen LogP contribution in [0.4, 0.5) is 0 Å². The highest BCUT2D eigenvalue weighted by Gasteiger charge is 2.29.